The van der Waals surface area contributed by atoms with Crippen LogP contribution < -0.4 is 0 Å². The molecule has 0 N–H and O–H groups in total. The van der Waals surface area contributed by atoms with E-state index < -0.39 is 5.67 Å². The van der Waals surface area contributed by atoms with Crippen LogP contribution in [0.5, 0.6) is 0 Å². The van der Waals surface area contributed by atoms with Gasteiger partial charge in [-0.2, -0.15) is 0 Å². The summed E-state index contributed by atoms with van der Waals surface area (Å²) in [5.74, 6) is 1.41. The second-order valence-corrected chi connectivity index (χ2v) is 7.64. The van der Waals surface area contributed by atoms with E-state index >= 15 is 0 Å². The molecule has 4 fully saturated rings. The molecule has 0 spiro atoms. The van der Waals surface area contributed by atoms with Gasteiger partial charge in [-0.1, -0.05) is 20.8 Å². The highest BCUT2D eigenvalue weighted by atomic mass is 19.1. The summed E-state index contributed by atoms with van der Waals surface area (Å²) in [5.41, 5.74) is -0.161. The van der Waals surface area contributed by atoms with Crippen LogP contribution in [0.4, 0.5) is 4.39 Å². The minimum Gasteiger partial charge on any atom is -0.244 e. The first-order chi connectivity index (χ1) is 6.82. The van der Waals surface area contributed by atoms with E-state index in [0.29, 0.717) is 22.7 Å². The molecule has 0 aromatic heterocycles. The molecule has 0 aromatic carbocycles. The molecular weight excluding hydrogens is 187 g/mol. The van der Waals surface area contributed by atoms with Crippen LogP contribution in [0.3, 0.4) is 0 Å². The maximum atomic E-state index is 14.7. The summed E-state index contributed by atoms with van der Waals surface area (Å²) in [6.45, 7) is 6.97. The van der Waals surface area contributed by atoms with Crippen molar-refractivity contribution in [1.82, 2.24) is 0 Å². The Labute approximate surface area is 92.6 Å². The average molecular weight is 210 g/mol. The highest BCUT2D eigenvalue weighted by Crippen LogP contribution is 2.67. The molecular formula is C14H23F. The van der Waals surface area contributed by atoms with Crippen molar-refractivity contribution in [3.05, 3.63) is 0 Å². The quantitative estimate of drug-likeness (QED) is 0.558. The predicted octanol–water partition coefficient (Wildman–Crippen LogP) is 4.34. The Morgan fingerprint density at radius 1 is 1.00 bits per heavy atom. The van der Waals surface area contributed by atoms with Gasteiger partial charge in [-0.3, -0.25) is 0 Å². The highest BCUT2D eigenvalue weighted by Gasteiger charge is 2.61. The lowest BCUT2D eigenvalue weighted by molar-refractivity contribution is -0.164. The van der Waals surface area contributed by atoms with Gasteiger partial charge in [-0.05, 0) is 61.2 Å². The Balaban J connectivity index is 2.00. The van der Waals surface area contributed by atoms with Gasteiger partial charge in [0.1, 0.15) is 5.67 Å². The monoisotopic (exact) mass is 210 g/mol. The van der Waals surface area contributed by atoms with Crippen LogP contribution >= 0.6 is 0 Å². The molecule has 0 aromatic rings. The molecule has 4 aliphatic rings. The first-order valence-electron chi connectivity index (χ1n) is 6.51. The van der Waals surface area contributed by atoms with Crippen molar-refractivity contribution in [2.45, 2.75) is 65.0 Å². The zero-order valence-electron chi connectivity index (χ0n) is 10.3. The molecule has 0 amide bonds. The number of halogens is 1. The topological polar surface area (TPSA) is 0 Å². The van der Waals surface area contributed by atoms with Crippen LogP contribution in [0.15, 0.2) is 0 Å². The van der Waals surface area contributed by atoms with E-state index in [9.17, 15) is 4.39 Å². The smallest absolute Gasteiger partial charge is 0.112 e. The van der Waals surface area contributed by atoms with Gasteiger partial charge in [0.25, 0.3) is 0 Å². The fourth-order valence-electron chi connectivity index (χ4n) is 5.03. The van der Waals surface area contributed by atoms with Crippen LogP contribution in [0.25, 0.3) is 0 Å². The highest BCUT2D eigenvalue weighted by molar-refractivity contribution is 5.11. The summed E-state index contributed by atoms with van der Waals surface area (Å²) >= 11 is 0. The molecule has 15 heavy (non-hydrogen) atoms. The molecule has 0 nitrogen and oxygen atoms in total. The van der Waals surface area contributed by atoms with Crippen LogP contribution in [0.2, 0.25) is 0 Å². The fraction of sp³-hybridized carbons (Fsp3) is 1.00. The Bertz CT molecular complexity index is 272. The molecule has 4 aliphatic carbocycles. The molecule has 0 aliphatic heterocycles. The van der Waals surface area contributed by atoms with Gasteiger partial charge in [0.05, 0.1) is 0 Å². The Morgan fingerprint density at radius 3 is 1.93 bits per heavy atom. The Kier molecular flexibility index (Phi) is 1.75. The number of hydrogen-bond donors (Lipinski definition) is 0. The molecule has 4 saturated carbocycles. The summed E-state index contributed by atoms with van der Waals surface area (Å²) in [6, 6.07) is 0. The van der Waals surface area contributed by atoms with Crippen molar-refractivity contribution in [3.63, 3.8) is 0 Å². The molecule has 4 bridgehead atoms. The first kappa shape index (κ1) is 10.1. The predicted molar refractivity (Wildman–Crippen MR) is 60.4 cm³/mol. The van der Waals surface area contributed by atoms with E-state index in [1.165, 1.54) is 19.3 Å². The maximum absolute atomic E-state index is 14.7. The normalized spacial score (nSPS) is 53.6. The number of hydrogen-bond acceptors (Lipinski definition) is 0. The van der Waals surface area contributed by atoms with E-state index in [-0.39, 0.29) is 0 Å². The Hall–Kier alpha value is -0.0700. The van der Waals surface area contributed by atoms with Crippen LogP contribution in [0.1, 0.15) is 59.3 Å². The standard InChI is InChI=1S/C14H23F/c1-12(2,3)13-5-10-4-11(6-13)8-14(15,7-10)9-13/h10-11H,4-9H2,1-3H3. The summed E-state index contributed by atoms with van der Waals surface area (Å²) in [4.78, 5) is 0. The fourth-order valence-corrected chi connectivity index (χ4v) is 5.03. The molecule has 1 heteroatoms. The third-order valence-electron chi connectivity index (χ3n) is 5.58. The lowest BCUT2D eigenvalue weighted by Crippen LogP contribution is -2.57. The van der Waals surface area contributed by atoms with Gasteiger partial charge < -0.3 is 0 Å². The second kappa shape index (κ2) is 2.60. The van der Waals surface area contributed by atoms with Gasteiger partial charge >= 0.3 is 0 Å². The van der Waals surface area contributed by atoms with Crippen molar-refractivity contribution in [1.29, 1.82) is 0 Å². The summed E-state index contributed by atoms with van der Waals surface area (Å²) in [6.07, 6.45) is 6.54. The Morgan fingerprint density at radius 2 is 1.53 bits per heavy atom. The molecule has 0 saturated heterocycles. The van der Waals surface area contributed by atoms with E-state index in [1.807, 2.05) is 0 Å². The van der Waals surface area contributed by atoms with Crippen molar-refractivity contribution in [2.75, 3.05) is 0 Å². The molecule has 4 rings (SSSR count). The van der Waals surface area contributed by atoms with E-state index in [0.717, 1.165) is 19.3 Å². The van der Waals surface area contributed by atoms with E-state index in [2.05, 4.69) is 20.8 Å². The average Bonchev–Trinajstić information content (AvgIpc) is 1.95. The molecule has 0 radical (unpaired) electrons. The van der Waals surface area contributed by atoms with Crippen molar-refractivity contribution in [2.24, 2.45) is 22.7 Å². The zero-order valence-corrected chi connectivity index (χ0v) is 10.3. The summed E-state index contributed by atoms with van der Waals surface area (Å²) in [5, 5.41) is 0. The van der Waals surface area contributed by atoms with Gasteiger partial charge in [-0.25, -0.2) is 4.39 Å². The first-order valence-corrected chi connectivity index (χ1v) is 6.51. The van der Waals surface area contributed by atoms with Gasteiger partial charge in [-0.15, -0.1) is 0 Å². The minimum absolute atomic E-state index is 0.294. The van der Waals surface area contributed by atoms with Crippen molar-refractivity contribution < 1.29 is 4.39 Å². The summed E-state index contributed by atoms with van der Waals surface area (Å²) in [7, 11) is 0. The van der Waals surface area contributed by atoms with Crippen molar-refractivity contribution in [3.8, 4) is 0 Å². The SMILES string of the molecule is CC(C)(C)C12CC3CC(CC(F)(C3)C1)C2. The van der Waals surface area contributed by atoms with E-state index in [4.69, 9.17) is 0 Å². The molecule has 86 valence electrons. The van der Waals surface area contributed by atoms with Crippen LogP contribution in [-0.2, 0) is 0 Å². The number of rotatable bonds is 0. The lowest BCUT2D eigenvalue weighted by atomic mass is 9.43. The molecule has 2 atom stereocenters. The lowest BCUT2D eigenvalue weighted by Gasteiger charge is -2.63. The number of alkyl halides is 1. The van der Waals surface area contributed by atoms with Gasteiger partial charge in [0, 0.05) is 0 Å². The minimum atomic E-state index is -0.780. The zero-order chi connectivity index (χ0) is 10.9. The van der Waals surface area contributed by atoms with Crippen LogP contribution in [-0.4, -0.2) is 5.67 Å². The summed E-state index contributed by atoms with van der Waals surface area (Å²) < 4.78 is 14.7. The van der Waals surface area contributed by atoms with Crippen molar-refractivity contribution >= 4 is 0 Å². The maximum Gasteiger partial charge on any atom is 0.112 e. The molecule has 0 heterocycles. The van der Waals surface area contributed by atoms with Crippen LogP contribution in [0, 0.1) is 22.7 Å². The third kappa shape index (κ3) is 1.31. The van der Waals surface area contributed by atoms with Gasteiger partial charge in [0.2, 0.25) is 0 Å². The third-order valence-corrected chi connectivity index (χ3v) is 5.58. The van der Waals surface area contributed by atoms with Gasteiger partial charge in [0.15, 0.2) is 0 Å². The largest absolute Gasteiger partial charge is 0.244 e. The van der Waals surface area contributed by atoms with E-state index in [1.54, 1.807) is 0 Å². The molecule has 2 unspecified atom stereocenters. The second-order valence-electron chi connectivity index (χ2n) is 7.64.